The minimum absolute atomic E-state index is 0.281. The Bertz CT molecular complexity index is 442. The van der Waals surface area contributed by atoms with Crippen molar-refractivity contribution in [3.63, 3.8) is 0 Å². The van der Waals surface area contributed by atoms with Crippen molar-refractivity contribution in [3.05, 3.63) is 22.8 Å². The van der Waals surface area contributed by atoms with E-state index in [0.29, 0.717) is 24.3 Å². The number of anilines is 1. The Labute approximate surface area is 105 Å². The van der Waals surface area contributed by atoms with Crippen LogP contribution < -0.4 is 11.1 Å². The number of nitrogens with one attached hydrogen (secondary N) is 1. The zero-order valence-electron chi connectivity index (χ0n) is 9.24. The molecule has 6 heteroatoms. The number of hydrogen-bond acceptors (Lipinski definition) is 4. The van der Waals surface area contributed by atoms with Crippen LogP contribution in [0.3, 0.4) is 0 Å². The van der Waals surface area contributed by atoms with Crippen molar-refractivity contribution in [2.24, 2.45) is 5.73 Å². The van der Waals surface area contributed by atoms with Gasteiger partial charge in [-0.3, -0.25) is 4.79 Å². The molecule has 0 atom stereocenters. The largest absolute Gasteiger partial charge is 0.370 e. The van der Waals surface area contributed by atoms with E-state index in [4.69, 9.17) is 22.6 Å². The van der Waals surface area contributed by atoms with Crippen LogP contribution in [0.4, 0.5) is 5.82 Å². The highest BCUT2D eigenvalue weighted by molar-refractivity contribution is 6.29. The third-order valence-corrected chi connectivity index (χ3v) is 2.27. The number of carbonyl (C=O) groups excluding carboxylic acids is 1. The van der Waals surface area contributed by atoms with Crippen molar-refractivity contribution in [1.82, 2.24) is 4.98 Å². The number of unbranched alkanes of at least 4 members (excludes halogenated alkanes) is 1. The Morgan fingerprint density at radius 3 is 2.94 bits per heavy atom. The number of nitrogens with two attached hydrogens (primary N) is 1. The van der Waals surface area contributed by atoms with E-state index in [0.717, 1.165) is 12.8 Å². The summed E-state index contributed by atoms with van der Waals surface area (Å²) >= 11 is 5.75. The van der Waals surface area contributed by atoms with Crippen LogP contribution >= 0.6 is 11.6 Å². The van der Waals surface area contributed by atoms with Crippen LogP contribution in [0, 0.1) is 11.3 Å². The van der Waals surface area contributed by atoms with Gasteiger partial charge in [0, 0.05) is 13.0 Å². The maximum absolute atomic E-state index is 10.5. The molecule has 0 aliphatic carbocycles. The van der Waals surface area contributed by atoms with Crippen LogP contribution in [0.1, 0.15) is 24.8 Å². The summed E-state index contributed by atoms with van der Waals surface area (Å²) in [4.78, 5) is 14.5. The van der Waals surface area contributed by atoms with Gasteiger partial charge in [-0.25, -0.2) is 4.98 Å². The molecule has 1 aromatic heterocycles. The molecule has 0 saturated heterocycles. The first-order valence-electron chi connectivity index (χ1n) is 5.21. The number of halogens is 1. The van der Waals surface area contributed by atoms with Crippen LogP contribution in [-0.2, 0) is 4.79 Å². The van der Waals surface area contributed by atoms with Crippen LogP contribution in [0.5, 0.6) is 0 Å². The second-order valence-corrected chi connectivity index (χ2v) is 3.91. The minimum atomic E-state index is -0.294. The summed E-state index contributed by atoms with van der Waals surface area (Å²) < 4.78 is 0. The molecular weight excluding hydrogens is 240 g/mol. The van der Waals surface area contributed by atoms with E-state index < -0.39 is 0 Å². The average molecular weight is 253 g/mol. The molecule has 17 heavy (non-hydrogen) atoms. The molecule has 1 amide bonds. The van der Waals surface area contributed by atoms with E-state index >= 15 is 0 Å². The van der Waals surface area contributed by atoms with Gasteiger partial charge < -0.3 is 11.1 Å². The van der Waals surface area contributed by atoms with E-state index in [1.807, 2.05) is 6.07 Å². The summed E-state index contributed by atoms with van der Waals surface area (Å²) in [6.07, 6.45) is 1.92. The lowest BCUT2D eigenvalue weighted by atomic mass is 10.2. The number of pyridine rings is 1. The lowest BCUT2D eigenvalue weighted by molar-refractivity contribution is -0.118. The molecule has 0 saturated carbocycles. The van der Waals surface area contributed by atoms with E-state index in [-0.39, 0.29) is 11.1 Å². The molecule has 0 aromatic carbocycles. The summed E-state index contributed by atoms with van der Waals surface area (Å²) in [5.41, 5.74) is 5.48. The Morgan fingerprint density at radius 1 is 1.53 bits per heavy atom. The predicted octanol–water partition coefficient (Wildman–Crippen LogP) is 1.67. The van der Waals surface area contributed by atoms with Gasteiger partial charge in [-0.15, -0.1) is 0 Å². The number of aromatic nitrogens is 1. The van der Waals surface area contributed by atoms with Crippen molar-refractivity contribution in [1.29, 1.82) is 5.26 Å². The topological polar surface area (TPSA) is 91.8 Å². The van der Waals surface area contributed by atoms with Gasteiger partial charge in [-0.05, 0) is 25.0 Å². The maximum atomic E-state index is 10.5. The molecule has 1 aromatic rings. The summed E-state index contributed by atoms with van der Waals surface area (Å²) in [6.45, 7) is 0.658. The van der Waals surface area contributed by atoms with Gasteiger partial charge in [0.25, 0.3) is 0 Å². The predicted molar refractivity (Wildman–Crippen MR) is 65.5 cm³/mol. The molecule has 0 fully saturated rings. The molecule has 0 radical (unpaired) electrons. The monoisotopic (exact) mass is 252 g/mol. The molecule has 0 spiro atoms. The molecule has 0 unspecified atom stereocenters. The van der Waals surface area contributed by atoms with Crippen LogP contribution in [0.25, 0.3) is 0 Å². The second-order valence-electron chi connectivity index (χ2n) is 3.53. The zero-order valence-corrected chi connectivity index (χ0v) is 10.00. The number of hydrogen-bond donors (Lipinski definition) is 2. The number of nitriles is 1. The first-order chi connectivity index (χ1) is 8.11. The summed E-state index contributed by atoms with van der Waals surface area (Å²) in [7, 11) is 0. The molecule has 0 aliphatic heterocycles. The molecule has 1 heterocycles. The van der Waals surface area contributed by atoms with Gasteiger partial charge in [0.05, 0.1) is 11.6 Å². The number of rotatable bonds is 6. The Hall–Kier alpha value is -1.80. The van der Waals surface area contributed by atoms with E-state index in [2.05, 4.69) is 10.3 Å². The Morgan fingerprint density at radius 2 is 2.29 bits per heavy atom. The van der Waals surface area contributed by atoms with Crippen molar-refractivity contribution in [2.75, 3.05) is 11.9 Å². The van der Waals surface area contributed by atoms with Crippen molar-refractivity contribution in [3.8, 4) is 6.07 Å². The molecule has 3 N–H and O–H groups in total. The molecule has 1 rings (SSSR count). The highest BCUT2D eigenvalue weighted by Gasteiger charge is 2.00. The fraction of sp³-hybridized carbons (Fsp3) is 0.364. The van der Waals surface area contributed by atoms with Crippen LogP contribution in [0.2, 0.25) is 5.15 Å². The highest BCUT2D eigenvalue weighted by atomic mass is 35.5. The second kappa shape index (κ2) is 6.71. The first kappa shape index (κ1) is 13.3. The molecule has 90 valence electrons. The summed E-state index contributed by atoms with van der Waals surface area (Å²) in [5, 5.41) is 12.1. The van der Waals surface area contributed by atoms with Gasteiger partial charge >= 0.3 is 0 Å². The highest BCUT2D eigenvalue weighted by Crippen LogP contribution is 2.13. The lowest BCUT2D eigenvalue weighted by Crippen LogP contribution is -2.11. The van der Waals surface area contributed by atoms with Gasteiger partial charge in [-0.2, -0.15) is 5.26 Å². The van der Waals surface area contributed by atoms with Crippen LogP contribution in [-0.4, -0.2) is 17.4 Å². The van der Waals surface area contributed by atoms with E-state index in [1.54, 1.807) is 6.07 Å². The maximum Gasteiger partial charge on any atom is 0.217 e. The average Bonchev–Trinajstić information content (AvgIpc) is 2.27. The SMILES string of the molecule is N#Cc1cc(Cl)nc(NCCCCC(N)=O)c1. The normalized spacial score (nSPS) is 9.65. The number of amides is 1. The molecule has 5 nitrogen and oxygen atoms in total. The fourth-order valence-corrected chi connectivity index (χ4v) is 1.50. The Balaban J connectivity index is 2.39. The van der Waals surface area contributed by atoms with Crippen molar-refractivity contribution < 1.29 is 4.79 Å². The van der Waals surface area contributed by atoms with Crippen molar-refractivity contribution >= 4 is 23.3 Å². The summed E-state index contributed by atoms with van der Waals surface area (Å²) in [6, 6.07) is 5.12. The smallest absolute Gasteiger partial charge is 0.217 e. The molecular formula is C11H13ClN4O. The minimum Gasteiger partial charge on any atom is -0.370 e. The Kier molecular flexibility index (Phi) is 5.24. The quantitative estimate of drug-likeness (QED) is 0.595. The summed E-state index contributed by atoms with van der Waals surface area (Å²) in [5.74, 6) is 0.269. The lowest BCUT2D eigenvalue weighted by Gasteiger charge is -2.05. The third-order valence-electron chi connectivity index (χ3n) is 2.08. The van der Waals surface area contributed by atoms with Gasteiger partial charge in [0.15, 0.2) is 0 Å². The first-order valence-corrected chi connectivity index (χ1v) is 5.59. The standard InChI is InChI=1S/C11H13ClN4O/c12-9-5-8(7-13)6-11(16-9)15-4-2-1-3-10(14)17/h5-6H,1-4H2,(H2,14,17)(H,15,16). The van der Waals surface area contributed by atoms with Crippen molar-refractivity contribution in [2.45, 2.75) is 19.3 Å². The van der Waals surface area contributed by atoms with Gasteiger partial charge in [0.1, 0.15) is 11.0 Å². The van der Waals surface area contributed by atoms with Crippen LogP contribution in [0.15, 0.2) is 12.1 Å². The molecule has 0 bridgehead atoms. The number of nitrogens with zero attached hydrogens (tertiary/aromatic N) is 2. The van der Waals surface area contributed by atoms with Gasteiger partial charge in [0.2, 0.25) is 5.91 Å². The fourth-order valence-electron chi connectivity index (χ4n) is 1.29. The van der Waals surface area contributed by atoms with E-state index in [1.165, 1.54) is 6.07 Å². The van der Waals surface area contributed by atoms with E-state index in [9.17, 15) is 4.79 Å². The van der Waals surface area contributed by atoms with Gasteiger partial charge in [-0.1, -0.05) is 11.6 Å². The molecule has 0 aliphatic rings. The number of primary amides is 1. The third kappa shape index (κ3) is 5.18. The number of carbonyl (C=O) groups is 1. The zero-order chi connectivity index (χ0) is 12.7.